The number of rotatable bonds is 1. The van der Waals surface area contributed by atoms with E-state index in [0.29, 0.717) is 10.7 Å². The van der Waals surface area contributed by atoms with Crippen molar-refractivity contribution in [3.05, 3.63) is 35.5 Å². The fourth-order valence-electron chi connectivity index (χ4n) is 1.56. The summed E-state index contributed by atoms with van der Waals surface area (Å²) >= 11 is 5.86. The Bertz CT molecular complexity index is 521. The lowest BCUT2D eigenvalue weighted by Gasteiger charge is -2.18. The Kier molecular flexibility index (Phi) is 2.87. The number of benzene rings is 1. The van der Waals surface area contributed by atoms with Crippen molar-refractivity contribution in [2.45, 2.75) is 26.3 Å². The molecule has 0 atom stereocenters. The van der Waals surface area contributed by atoms with Gasteiger partial charge in [-0.25, -0.2) is 0 Å². The van der Waals surface area contributed by atoms with Crippen molar-refractivity contribution >= 4 is 17.3 Å². The molecule has 2 N–H and O–H groups in total. The lowest BCUT2D eigenvalue weighted by Crippen LogP contribution is -2.22. The van der Waals surface area contributed by atoms with E-state index < -0.39 is 0 Å². The smallest absolute Gasteiger partial charge is 0.115 e. The van der Waals surface area contributed by atoms with Crippen LogP contribution in [0.1, 0.15) is 20.8 Å². The van der Waals surface area contributed by atoms with E-state index in [-0.39, 0.29) is 5.54 Å². The van der Waals surface area contributed by atoms with Gasteiger partial charge in [0.2, 0.25) is 0 Å². The Morgan fingerprint density at radius 1 is 1.18 bits per heavy atom. The van der Waals surface area contributed by atoms with Crippen LogP contribution in [0.4, 0.5) is 5.69 Å². The van der Waals surface area contributed by atoms with Crippen molar-refractivity contribution in [1.82, 2.24) is 9.78 Å². The summed E-state index contributed by atoms with van der Waals surface area (Å²) in [6.07, 6.45) is 1.87. The molecule has 0 amide bonds. The topological polar surface area (TPSA) is 43.8 Å². The zero-order valence-corrected chi connectivity index (χ0v) is 11.0. The van der Waals surface area contributed by atoms with E-state index in [2.05, 4.69) is 25.9 Å². The number of nitrogen functional groups attached to an aromatic ring is 1. The van der Waals surface area contributed by atoms with Crippen LogP contribution in [0.5, 0.6) is 0 Å². The van der Waals surface area contributed by atoms with Gasteiger partial charge in [0.1, 0.15) is 5.69 Å². The van der Waals surface area contributed by atoms with Gasteiger partial charge in [-0.05, 0) is 32.9 Å². The van der Waals surface area contributed by atoms with Gasteiger partial charge in [-0.3, -0.25) is 4.68 Å². The van der Waals surface area contributed by atoms with Crippen LogP contribution < -0.4 is 5.73 Å². The average Bonchev–Trinajstić information content (AvgIpc) is 2.61. The molecule has 0 bridgehead atoms. The summed E-state index contributed by atoms with van der Waals surface area (Å²) in [4.78, 5) is 0. The van der Waals surface area contributed by atoms with Crippen molar-refractivity contribution < 1.29 is 0 Å². The van der Waals surface area contributed by atoms with Crippen LogP contribution >= 0.6 is 11.6 Å². The summed E-state index contributed by atoms with van der Waals surface area (Å²) in [5, 5.41) is 5.24. The van der Waals surface area contributed by atoms with Gasteiger partial charge >= 0.3 is 0 Å². The lowest BCUT2D eigenvalue weighted by atomic mass is 10.1. The van der Waals surface area contributed by atoms with Crippen LogP contribution in [0, 0.1) is 0 Å². The summed E-state index contributed by atoms with van der Waals surface area (Å²) < 4.78 is 1.88. The highest BCUT2D eigenvalue weighted by atomic mass is 35.5. The Hall–Kier alpha value is -1.48. The number of aromatic nitrogens is 2. The molecule has 1 heterocycles. The van der Waals surface area contributed by atoms with Crippen LogP contribution in [0.15, 0.2) is 30.5 Å². The van der Waals surface area contributed by atoms with E-state index in [0.717, 1.165) is 11.3 Å². The number of hydrogen-bond acceptors (Lipinski definition) is 2. The second-order valence-electron chi connectivity index (χ2n) is 5.06. The molecule has 0 spiro atoms. The number of hydrogen-bond donors (Lipinski definition) is 1. The monoisotopic (exact) mass is 249 g/mol. The predicted octanol–water partition coefficient (Wildman–Crippen LogP) is 3.54. The van der Waals surface area contributed by atoms with Crippen LogP contribution in [-0.4, -0.2) is 9.78 Å². The highest BCUT2D eigenvalue weighted by Crippen LogP contribution is 2.27. The quantitative estimate of drug-likeness (QED) is 0.840. The fraction of sp³-hybridized carbons (Fsp3) is 0.308. The van der Waals surface area contributed by atoms with Crippen molar-refractivity contribution in [2.75, 3.05) is 5.73 Å². The highest BCUT2D eigenvalue weighted by molar-refractivity contribution is 6.30. The molecule has 0 fully saturated rings. The first-order valence-electron chi connectivity index (χ1n) is 5.49. The third kappa shape index (κ3) is 2.44. The molecule has 0 aliphatic carbocycles. The van der Waals surface area contributed by atoms with E-state index in [1.807, 2.05) is 35.1 Å². The molecule has 2 aromatic rings. The molecule has 3 nitrogen and oxygen atoms in total. The summed E-state index contributed by atoms with van der Waals surface area (Å²) in [5.41, 5.74) is 8.39. The molecule has 2 rings (SSSR count). The van der Waals surface area contributed by atoms with Crippen molar-refractivity contribution in [1.29, 1.82) is 0 Å². The van der Waals surface area contributed by atoms with Crippen LogP contribution in [0.25, 0.3) is 11.3 Å². The maximum atomic E-state index is 5.99. The number of anilines is 1. The summed E-state index contributed by atoms with van der Waals surface area (Å²) in [6, 6.07) is 7.53. The molecular weight excluding hydrogens is 234 g/mol. The molecule has 0 aliphatic heterocycles. The average molecular weight is 250 g/mol. The first-order valence-corrected chi connectivity index (χ1v) is 5.87. The Labute approximate surface area is 106 Å². The van der Waals surface area contributed by atoms with Gasteiger partial charge in [-0.2, -0.15) is 5.10 Å². The summed E-state index contributed by atoms with van der Waals surface area (Å²) in [5.74, 6) is 0. The molecule has 0 unspecified atom stereocenters. The van der Waals surface area contributed by atoms with Gasteiger partial charge in [0.15, 0.2) is 0 Å². The Balaban J connectivity index is 2.46. The first kappa shape index (κ1) is 12.0. The molecule has 0 saturated heterocycles. The van der Waals surface area contributed by atoms with Crippen LogP contribution in [-0.2, 0) is 5.54 Å². The molecule has 1 aromatic heterocycles. The second kappa shape index (κ2) is 4.08. The van der Waals surface area contributed by atoms with Crippen molar-refractivity contribution in [3.8, 4) is 11.3 Å². The standard InChI is InChI=1S/C13H16ClN3/c1-13(2,3)17-8-11(15)12(16-17)9-4-6-10(14)7-5-9/h4-8H,15H2,1-3H3. The summed E-state index contributed by atoms with van der Waals surface area (Å²) in [6.45, 7) is 6.27. The van der Waals surface area contributed by atoms with Gasteiger partial charge in [-0.15, -0.1) is 0 Å². The first-order chi connectivity index (χ1) is 7.88. The fourth-order valence-corrected chi connectivity index (χ4v) is 1.69. The predicted molar refractivity (Wildman–Crippen MR) is 72.1 cm³/mol. The third-order valence-corrected chi connectivity index (χ3v) is 2.80. The zero-order chi connectivity index (χ0) is 12.6. The summed E-state index contributed by atoms with van der Waals surface area (Å²) in [7, 11) is 0. The van der Waals surface area contributed by atoms with E-state index in [1.54, 1.807) is 0 Å². The molecule has 17 heavy (non-hydrogen) atoms. The van der Waals surface area contributed by atoms with Gasteiger partial charge in [0, 0.05) is 16.8 Å². The maximum absolute atomic E-state index is 5.99. The van der Waals surface area contributed by atoms with Gasteiger partial charge in [0.25, 0.3) is 0 Å². The van der Waals surface area contributed by atoms with Gasteiger partial charge < -0.3 is 5.73 Å². The van der Waals surface area contributed by atoms with E-state index in [4.69, 9.17) is 17.3 Å². The molecule has 0 radical (unpaired) electrons. The Morgan fingerprint density at radius 3 is 2.24 bits per heavy atom. The SMILES string of the molecule is CC(C)(C)n1cc(N)c(-c2ccc(Cl)cc2)n1. The van der Waals surface area contributed by atoms with Gasteiger partial charge in [0.05, 0.1) is 11.2 Å². The minimum Gasteiger partial charge on any atom is -0.396 e. The van der Waals surface area contributed by atoms with Crippen molar-refractivity contribution in [2.24, 2.45) is 0 Å². The molecule has 4 heteroatoms. The minimum atomic E-state index is -0.0706. The Morgan fingerprint density at radius 2 is 1.76 bits per heavy atom. The molecule has 90 valence electrons. The van der Waals surface area contributed by atoms with Crippen LogP contribution in [0.3, 0.4) is 0 Å². The van der Waals surface area contributed by atoms with E-state index in [9.17, 15) is 0 Å². The van der Waals surface area contributed by atoms with E-state index >= 15 is 0 Å². The third-order valence-electron chi connectivity index (χ3n) is 2.55. The van der Waals surface area contributed by atoms with E-state index in [1.165, 1.54) is 0 Å². The molecule has 0 saturated carbocycles. The molecule has 1 aromatic carbocycles. The normalized spacial score (nSPS) is 11.8. The number of nitrogens with zero attached hydrogens (tertiary/aromatic N) is 2. The highest BCUT2D eigenvalue weighted by Gasteiger charge is 2.17. The van der Waals surface area contributed by atoms with Crippen molar-refractivity contribution in [3.63, 3.8) is 0 Å². The maximum Gasteiger partial charge on any atom is 0.115 e. The number of nitrogens with two attached hydrogens (primary N) is 1. The molecule has 0 aliphatic rings. The second-order valence-corrected chi connectivity index (χ2v) is 5.49. The molecular formula is C13H16ClN3. The van der Waals surface area contributed by atoms with Crippen LogP contribution in [0.2, 0.25) is 5.02 Å². The largest absolute Gasteiger partial charge is 0.396 e. The minimum absolute atomic E-state index is 0.0706. The lowest BCUT2D eigenvalue weighted by molar-refractivity contribution is 0.356. The zero-order valence-electron chi connectivity index (χ0n) is 10.2. The van der Waals surface area contributed by atoms with Gasteiger partial charge in [-0.1, -0.05) is 23.7 Å². The number of halogens is 1.